The van der Waals surface area contributed by atoms with Crippen LogP contribution >= 0.6 is 0 Å². The smallest absolute Gasteiger partial charge is 0.303 e. The van der Waals surface area contributed by atoms with Crippen LogP contribution in [0, 0.1) is 11.3 Å². The number of hydrogen-bond acceptors (Lipinski definition) is 6. The Morgan fingerprint density at radius 3 is 2.53 bits per heavy atom. The van der Waals surface area contributed by atoms with Crippen molar-refractivity contribution in [3.63, 3.8) is 0 Å². The van der Waals surface area contributed by atoms with Crippen LogP contribution in [0.4, 0.5) is 5.69 Å². The quantitative estimate of drug-likeness (QED) is 0.649. The molecule has 2 fully saturated rings. The van der Waals surface area contributed by atoms with Gasteiger partial charge in [0.2, 0.25) is 0 Å². The first-order valence-corrected chi connectivity index (χ1v) is 12.4. The minimum Gasteiger partial charge on any atom is -0.493 e. The first-order chi connectivity index (χ1) is 17.1. The van der Waals surface area contributed by atoms with Crippen LogP contribution in [-0.2, 0) is 9.53 Å². The van der Waals surface area contributed by atoms with Crippen LogP contribution in [0.15, 0.2) is 42.5 Å². The van der Waals surface area contributed by atoms with Gasteiger partial charge in [-0.3, -0.25) is 9.59 Å². The molecule has 5 rings (SSSR count). The summed E-state index contributed by atoms with van der Waals surface area (Å²) in [5, 5.41) is 9.40. The number of likely N-dealkylation sites (tertiary alicyclic amines) is 1. The van der Waals surface area contributed by atoms with E-state index in [0.29, 0.717) is 43.2 Å². The molecule has 2 saturated heterocycles. The summed E-state index contributed by atoms with van der Waals surface area (Å²) in [4.78, 5) is 28.5. The van der Waals surface area contributed by atoms with Crippen LogP contribution in [0.2, 0.25) is 0 Å². The minimum absolute atomic E-state index is 0.00472. The summed E-state index contributed by atoms with van der Waals surface area (Å²) >= 11 is 0. The molecule has 3 aliphatic rings. The fraction of sp³-hybridized carbons (Fsp3) is 0.500. The number of benzene rings is 2. The number of carboxylic acid groups (broad SMARTS) is 1. The Morgan fingerprint density at radius 1 is 1.17 bits per heavy atom. The number of ether oxygens (including phenoxy) is 3. The minimum atomic E-state index is -0.852. The van der Waals surface area contributed by atoms with Crippen molar-refractivity contribution in [3.8, 4) is 11.5 Å². The molecule has 0 unspecified atom stereocenters. The number of carboxylic acids is 1. The predicted molar refractivity (Wildman–Crippen MR) is 135 cm³/mol. The van der Waals surface area contributed by atoms with E-state index in [1.807, 2.05) is 73.3 Å². The largest absolute Gasteiger partial charge is 0.493 e. The number of anilines is 1. The van der Waals surface area contributed by atoms with Crippen molar-refractivity contribution in [3.05, 3.63) is 53.6 Å². The van der Waals surface area contributed by atoms with Crippen molar-refractivity contribution in [2.24, 2.45) is 11.3 Å². The van der Waals surface area contributed by atoms with Crippen LogP contribution in [0.1, 0.15) is 48.2 Å². The van der Waals surface area contributed by atoms with Gasteiger partial charge in [0, 0.05) is 61.8 Å². The van der Waals surface area contributed by atoms with Gasteiger partial charge in [-0.1, -0.05) is 12.1 Å². The van der Waals surface area contributed by atoms with E-state index in [4.69, 9.17) is 14.2 Å². The number of aliphatic carboxylic acids is 1. The van der Waals surface area contributed by atoms with Gasteiger partial charge in [-0.05, 0) is 50.1 Å². The lowest BCUT2D eigenvalue weighted by atomic mass is 9.63. The van der Waals surface area contributed by atoms with Gasteiger partial charge in [-0.15, -0.1) is 0 Å². The second-order valence-electron chi connectivity index (χ2n) is 10.8. The van der Waals surface area contributed by atoms with Crippen molar-refractivity contribution < 1.29 is 28.9 Å². The van der Waals surface area contributed by atoms with Crippen molar-refractivity contribution in [1.29, 1.82) is 0 Å². The molecule has 3 heterocycles. The van der Waals surface area contributed by atoms with E-state index < -0.39 is 11.6 Å². The van der Waals surface area contributed by atoms with E-state index in [0.717, 1.165) is 17.7 Å². The van der Waals surface area contributed by atoms with Gasteiger partial charge < -0.3 is 29.1 Å². The zero-order valence-electron chi connectivity index (χ0n) is 21.3. The molecule has 0 bridgehead atoms. The summed E-state index contributed by atoms with van der Waals surface area (Å²) in [6, 6.07) is 13.4. The molecule has 3 atom stereocenters. The van der Waals surface area contributed by atoms with Gasteiger partial charge in [-0.2, -0.15) is 0 Å². The Balaban J connectivity index is 1.36. The molecule has 8 nitrogen and oxygen atoms in total. The number of carbonyl (C=O) groups is 2. The van der Waals surface area contributed by atoms with E-state index in [1.165, 1.54) is 0 Å². The molecule has 1 spiro atoms. The highest BCUT2D eigenvalue weighted by molar-refractivity contribution is 5.95. The van der Waals surface area contributed by atoms with Gasteiger partial charge >= 0.3 is 5.97 Å². The van der Waals surface area contributed by atoms with Crippen molar-refractivity contribution in [1.82, 2.24) is 4.90 Å². The first kappa shape index (κ1) is 24.4. The number of para-hydroxylation sites is 1. The molecule has 1 N–H and O–H groups in total. The Labute approximate surface area is 211 Å². The second kappa shape index (κ2) is 9.00. The Kier molecular flexibility index (Phi) is 6.11. The fourth-order valence-corrected chi connectivity index (χ4v) is 6.00. The summed E-state index contributed by atoms with van der Waals surface area (Å²) in [6.07, 6.45) is 0.955. The first-order valence-electron chi connectivity index (χ1n) is 12.4. The number of carbonyl (C=O) groups excluding carboxylic acids is 1. The van der Waals surface area contributed by atoms with E-state index in [9.17, 15) is 14.7 Å². The number of amides is 1. The molecule has 2 aromatic rings. The molecule has 3 aliphatic heterocycles. The van der Waals surface area contributed by atoms with Gasteiger partial charge in [-0.25, -0.2) is 0 Å². The molecule has 1 amide bonds. The second-order valence-corrected chi connectivity index (χ2v) is 10.8. The van der Waals surface area contributed by atoms with Crippen LogP contribution in [-0.4, -0.2) is 68.4 Å². The molecule has 36 heavy (non-hydrogen) atoms. The number of hydrogen-bond donors (Lipinski definition) is 1. The van der Waals surface area contributed by atoms with Crippen molar-refractivity contribution in [2.75, 3.05) is 45.8 Å². The molecule has 0 radical (unpaired) electrons. The van der Waals surface area contributed by atoms with Gasteiger partial charge in [0.15, 0.2) is 11.5 Å². The topological polar surface area (TPSA) is 88.5 Å². The third-order valence-corrected chi connectivity index (χ3v) is 8.05. The molecule has 2 aromatic carbocycles. The maximum atomic E-state index is 13.1. The number of fused-ring (bicyclic) bond motifs is 3. The van der Waals surface area contributed by atoms with Crippen LogP contribution in [0.5, 0.6) is 11.5 Å². The van der Waals surface area contributed by atoms with E-state index >= 15 is 0 Å². The highest BCUT2D eigenvalue weighted by Crippen LogP contribution is 2.58. The Bertz CT molecular complexity index is 1160. The molecule has 192 valence electrons. The molecule has 0 aliphatic carbocycles. The maximum absolute atomic E-state index is 13.1. The average molecular weight is 495 g/mol. The lowest BCUT2D eigenvalue weighted by Crippen LogP contribution is -2.65. The number of nitrogens with zero attached hydrogens (tertiary/aromatic N) is 2. The Morgan fingerprint density at radius 2 is 1.89 bits per heavy atom. The summed E-state index contributed by atoms with van der Waals surface area (Å²) in [5.41, 5.74) is 1.77. The maximum Gasteiger partial charge on any atom is 0.303 e. The molecule has 0 saturated carbocycles. The fourth-order valence-electron chi connectivity index (χ4n) is 6.00. The van der Waals surface area contributed by atoms with E-state index in [-0.39, 0.29) is 29.8 Å². The average Bonchev–Trinajstić information content (AvgIpc) is 2.85. The molecule has 8 heteroatoms. The zero-order valence-corrected chi connectivity index (χ0v) is 21.3. The normalized spacial score (nSPS) is 25.7. The van der Waals surface area contributed by atoms with Gasteiger partial charge in [0.1, 0.15) is 5.60 Å². The van der Waals surface area contributed by atoms with Crippen LogP contribution in [0.25, 0.3) is 0 Å². The number of rotatable bonds is 6. The molecular formula is C28H34N2O6. The third-order valence-electron chi connectivity index (χ3n) is 8.05. The van der Waals surface area contributed by atoms with Crippen molar-refractivity contribution in [2.45, 2.75) is 37.9 Å². The molecular weight excluding hydrogens is 460 g/mol. The van der Waals surface area contributed by atoms with E-state index in [1.54, 1.807) is 7.11 Å². The number of methoxy groups -OCH3 is 1. The van der Waals surface area contributed by atoms with Gasteiger partial charge in [0.25, 0.3) is 5.91 Å². The highest BCUT2D eigenvalue weighted by atomic mass is 16.5. The van der Waals surface area contributed by atoms with Gasteiger partial charge in [0.05, 0.1) is 19.8 Å². The summed E-state index contributed by atoms with van der Waals surface area (Å²) < 4.78 is 18.6. The summed E-state index contributed by atoms with van der Waals surface area (Å²) in [6.45, 7) is 3.76. The monoisotopic (exact) mass is 494 g/mol. The van der Waals surface area contributed by atoms with Crippen LogP contribution in [0.3, 0.4) is 0 Å². The lowest BCUT2D eigenvalue weighted by Gasteiger charge is -2.59. The zero-order chi connectivity index (χ0) is 25.7. The lowest BCUT2D eigenvalue weighted by molar-refractivity contribution is -0.198. The Hall–Kier alpha value is -3.26. The summed E-state index contributed by atoms with van der Waals surface area (Å²) in [7, 11) is 5.55. The predicted octanol–water partition coefficient (Wildman–Crippen LogP) is 4.00. The standard InChI is InChI=1S/C28H34N2O6/c1-27(13-12-23(31)32)21-14-28(17-35-24(21)20-6-5-7-22(34-4)25(20)36-27)15-30(16-28)26(33)18-8-10-19(11-9-18)29(2)3/h5-11,21,24H,12-17H2,1-4H3,(H,31,32)/t21-,24+,27-/m1/s1. The SMILES string of the molecule is COc1cccc2c1O[C@](C)(CCC(=O)O)[C@@H]1CC3(CO[C@@H]21)CN(C(=O)c1ccc(N(C)C)cc1)C3. The van der Waals surface area contributed by atoms with Crippen LogP contribution < -0.4 is 14.4 Å². The van der Waals surface area contributed by atoms with E-state index in [2.05, 4.69) is 0 Å². The highest BCUT2D eigenvalue weighted by Gasteiger charge is 2.58. The van der Waals surface area contributed by atoms with Crippen molar-refractivity contribution >= 4 is 17.6 Å². The summed E-state index contributed by atoms with van der Waals surface area (Å²) in [5.74, 6) is 0.390. The molecule has 0 aromatic heterocycles. The third kappa shape index (κ3) is 4.17.